The molecule has 0 saturated carbocycles. The second kappa shape index (κ2) is 5.69. The fraction of sp³-hybridized carbons (Fsp3) is 0.200. The fourth-order valence-electron chi connectivity index (χ4n) is 2.00. The van der Waals surface area contributed by atoms with E-state index in [9.17, 15) is 14.5 Å². The van der Waals surface area contributed by atoms with E-state index < -0.39 is 4.92 Å². The van der Waals surface area contributed by atoms with Crippen molar-refractivity contribution in [3.05, 3.63) is 69.0 Å². The van der Waals surface area contributed by atoms with Crippen molar-refractivity contribution in [1.82, 2.24) is 0 Å². The third-order valence-corrected chi connectivity index (χ3v) is 3.19. The number of nitro groups is 1. The molecular weight excluding hydrogens is 259 g/mol. The number of anilines is 1. The molecule has 0 spiro atoms. The molecule has 0 heterocycles. The lowest BCUT2D eigenvalue weighted by molar-refractivity contribution is -0.385. The number of benzene rings is 2. The van der Waals surface area contributed by atoms with Gasteiger partial charge in [-0.15, -0.1) is 0 Å². The van der Waals surface area contributed by atoms with Crippen molar-refractivity contribution < 1.29 is 9.31 Å². The van der Waals surface area contributed by atoms with E-state index in [4.69, 9.17) is 0 Å². The Morgan fingerprint density at radius 2 is 1.90 bits per heavy atom. The first-order valence-corrected chi connectivity index (χ1v) is 6.21. The summed E-state index contributed by atoms with van der Waals surface area (Å²) >= 11 is 0. The Bertz CT molecular complexity index is 656. The van der Waals surface area contributed by atoms with Crippen molar-refractivity contribution in [2.24, 2.45) is 0 Å². The van der Waals surface area contributed by atoms with Crippen LogP contribution < -0.4 is 5.32 Å². The lowest BCUT2D eigenvalue weighted by atomic mass is 10.1. The molecule has 0 fully saturated rings. The van der Waals surface area contributed by atoms with E-state index in [0.717, 1.165) is 16.8 Å². The Labute approximate surface area is 116 Å². The van der Waals surface area contributed by atoms with Gasteiger partial charge in [0.25, 0.3) is 5.69 Å². The molecule has 0 aliphatic rings. The van der Waals surface area contributed by atoms with Crippen LogP contribution in [0.5, 0.6) is 0 Å². The first-order chi connectivity index (χ1) is 9.47. The van der Waals surface area contributed by atoms with E-state index in [1.807, 2.05) is 6.92 Å². The molecule has 0 aliphatic carbocycles. The van der Waals surface area contributed by atoms with Gasteiger partial charge >= 0.3 is 0 Å². The highest BCUT2D eigenvalue weighted by Gasteiger charge is 2.10. The maximum atomic E-state index is 13.2. The Morgan fingerprint density at radius 1 is 1.15 bits per heavy atom. The smallest absolute Gasteiger partial charge is 0.272 e. The zero-order valence-corrected chi connectivity index (χ0v) is 11.3. The van der Waals surface area contributed by atoms with Crippen LogP contribution in [-0.2, 0) is 6.54 Å². The second-order valence-electron chi connectivity index (χ2n) is 4.68. The zero-order valence-electron chi connectivity index (χ0n) is 11.3. The lowest BCUT2D eigenvalue weighted by Gasteiger charge is -2.10. The average molecular weight is 274 g/mol. The largest absolute Gasteiger partial charge is 0.381 e. The highest BCUT2D eigenvalue weighted by atomic mass is 19.1. The van der Waals surface area contributed by atoms with Crippen molar-refractivity contribution >= 4 is 11.4 Å². The molecule has 5 heteroatoms. The van der Waals surface area contributed by atoms with Crippen LogP contribution in [0.1, 0.15) is 16.7 Å². The van der Waals surface area contributed by atoms with E-state index in [-0.39, 0.29) is 11.5 Å². The van der Waals surface area contributed by atoms with E-state index >= 15 is 0 Å². The standard InChI is InChI=1S/C15H15FN2O2/c1-10-3-4-13(16)8-12(10)9-17-14-5-6-15(18(19)20)11(2)7-14/h3-8,17H,9H2,1-2H3. The minimum atomic E-state index is -0.407. The fourth-order valence-corrected chi connectivity index (χ4v) is 2.00. The number of aryl methyl sites for hydroxylation is 2. The minimum Gasteiger partial charge on any atom is -0.381 e. The summed E-state index contributed by atoms with van der Waals surface area (Å²) in [6.07, 6.45) is 0. The van der Waals surface area contributed by atoms with Gasteiger partial charge < -0.3 is 5.32 Å². The number of halogens is 1. The van der Waals surface area contributed by atoms with Crippen molar-refractivity contribution in [1.29, 1.82) is 0 Å². The number of nitrogens with one attached hydrogen (secondary N) is 1. The number of hydrogen-bond donors (Lipinski definition) is 1. The molecule has 2 rings (SSSR count). The van der Waals surface area contributed by atoms with Gasteiger partial charge in [-0.25, -0.2) is 4.39 Å². The van der Waals surface area contributed by atoms with Gasteiger partial charge in [0.05, 0.1) is 4.92 Å². The Balaban J connectivity index is 2.13. The quantitative estimate of drug-likeness (QED) is 0.678. The van der Waals surface area contributed by atoms with Crippen molar-refractivity contribution in [2.75, 3.05) is 5.32 Å². The number of nitrogens with zero attached hydrogens (tertiary/aromatic N) is 1. The van der Waals surface area contributed by atoms with Crippen LogP contribution >= 0.6 is 0 Å². The normalized spacial score (nSPS) is 10.3. The number of hydrogen-bond acceptors (Lipinski definition) is 3. The maximum Gasteiger partial charge on any atom is 0.272 e. The molecule has 2 aromatic rings. The summed E-state index contributed by atoms with van der Waals surface area (Å²) in [5, 5.41) is 13.9. The Hall–Kier alpha value is -2.43. The van der Waals surface area contributed by atoms with Gasteiger partial charge in [-0.2, -0.15) is 0 Å². The molecule has 0 radical (unpaired) electrons. The maximum absolute atomic E-state index is 13.2. The van der Waals surface area contributed by atoms with Crippen LogP contribution in [0.3, 0.4) is 0 Å². The molecule has 0 unspecified atom stereocenters. The monoisotopic (exact) mass is 274 g/mol. The van der Waals surface area contributed by atoms with Crippen molar-refractivity contribution in [3.8, 4) is 0 Å². The first kappa shape index (κ1) is 14.0. The first-order valence-electron chi connectivity index (χ1n) is 6.21. The van der Waals surface area contributed by atoms with Crippen LogP contribution in [0.2, 0.25) is 0 Å². The van der Waals surface area contributed by atoms with E-state index in [2.05, 4.69) is 5.32 Å². The van der Waals surface area contributed by atoms with Gasteiger partial charge in [-0.3, -0.25) is 10.1 Å². The third-order valence-electron chi connectivity index (χ3n) is 3.19. The van der Waals surface area contributed by atoms with Gasteiger partial charge in [0.15, 0.2) is 0 Å². The minimum absolute atomic E-state index is 0.0949. The molecule has 0 bridgehead atoms. The average Bonchev–Trinajstić information content (AvgIpc) is 2.39. The molecular formula is C15H15FN2O2. The molecule has 4 nitrogen and oxygen atoms in total. The molecule has 0 amide bonds. The summed E-state index contributed by atoms with van der Waals surface area (Å²) in [6.45, 7) is 4.08. The highest BCUT2D eigenvalue weighted by Crippen LogP contribution is 2.22. The highest BCUT2D eigenvalue weighted by molar-refractivity contribution is 5.53. The molecule has 0 atom stereocenters. The Morgan fingerprint density at radius 3 is 2.55 bits per heavy atom. The van der Waals surface area contributed by atoms with Crippen molar-refractivity contribution in [2.45, 2.75) is 20.4 Å². The molecule has 1 N–H and O–H groups in total. The molecule has 2 aromatic carbocycles. The lowest BCUT2D eigenvalue weighted by Crippen LogP contribution is -2.02. The van der Waals surface area contributed by atoms with E-state index in [0.29, 0.717) is 12.1 Å². The summed E-state index contributed by atoms with van der Waals surface area (Å²) in [4.78, 5) is 10.3. The summed E-state index contributed by atoms with van der Waals surface area (Å²) in [7, 11) is 0. The summed E-state index contributed by atoms with van der Waals surface area (Å²) < 4.78 is 13.2. The number of nitro benzene ring substituents is 1. The van der Waals surface area contributed by atoms with Gasteiger partial charge in [0, 0.05) is 23.9 Å². The van der Waals surface area contributed by atoms with E-state index in [1.165, 1.54) is 18.2 Å². The van der Waals surface area contributed by atoms with Crippen LogP contribution in [0.15, 0.2) is 36.4 Å². The predicted molar refractivity (Wildman–Crippen MR) is 76.3 cm³/mol. The third kappa shape index (κ3) is 3.12. The van der Waals surface area contributed by atoms with Gasteiger partial charge in [-0.05, 0) is 49.2 Å². The topological polar surface area (TPSA) is 55.2 Å². The molecule has 104 valence electrons. The zero-order chi connectivity index (χ0) is 14.7. The molecule has 0 saturated heterocycles. The van der Waals surface area contributed by atoms with Crippen LogP contribution in [0.25, 0.3) is 0 Å². The van der Waals surface area contributed by atoms with Gasteiger partial charge in [-0.1, -0.05) is 6.07 Å². The second-order valence-corrected chi connectivity index (χ2v) is 4.68. The van der Waals surface area contributed by atoms with Crippen LogP contribution in [0.4, 0.5) is 15.8 Å². The van der Waals surface area contributed by atoms with Crippen LogP contribution in [-0.4, -0.2) is 4.92 Å². The summed E-state index contributed by atoms with van der Waals surface area (Å²) in [6, 6.07) is 9.48. The molecule has 0 aromatic heterocycles. The molecule has 0 aliphatic heterocycles. The van der Waals surface area contributed by atoms with Gasteiger partial charge in [0.1, 0.15) is 5.82 Å². The number of rotatable bonds is 4. The molecule has 20 heavy (non-hydrogen) atoms. The van der Waals surface area contributed by atoms with Crippen LogP contribution in [0, 0.1) is 29.8 Å². The SMILES string of the molecule is Cc1ccc(F)cc1CNc1ccc([N+](=O)[O-])c(C)c1. The van der Waals surface area contributed by atoms with E-state index in [1.54, 1.807) is 25.1 Å². The predicted octanol–water partition coefficient (Wildman–Crippen LogP) is 3.96. The van der Waals surface area contributed by atoms with Crippen molar-refractivity contribution in [3.63, 3.8) is 0 Å². The summed E-state index contributed by atoms with van der Waals surface area (Å²) in [5.41, 5.74) is 3.32. The summed E-state index contributed by atoms with van der Waals surface area (Å²) in [5.74, 6) is -0.271. The Kier molecular flexibility index (Phi) is 3.98. The van der Waals surface area contributed by atoms with Gasteiger partial charge in [0.2, 0.25) is 0 Å².